The number of nitrogens with two attached hydrogens (primary N) is 1. The number of likely N-dealkylation sites (tertiary alicyclic amines) is 1. The van der Waals surface area contributed by atoms with E-state index in [0.717, 1.165) is 18.2 Å². The molecule has 1 aliphatic heterocycles. The highest BCUT2D eigenvalue weighted by Crippen LogP contribution is 2.21. The molecule has 0 bridgehead atoms. The predicted octanol–water partition coefficient (Wildman–Crippen LogP) is 2.16. The summed E-state index contributed by atoms with van der Waals surface area (Å²) in [4.78, 5) is 6.78. The van der Waals surface area contributed by atoms with Gasteiger partial charge in [0.15, 0.2) is 0 Å². The van der Waals surface area contributed by atoms with Crippen LogP contribution in [0.4, 0.5) is 0 Å². The molecule has 1 aliphatic rings. The van der Waals surface area contributed by atoms with E-state index in [1.165, 1.54) is 37.9 Å². The van der Waals surface area contributed by atoms with Gasteiger partial charge >= 0.3 is 0 Å². The summed E-state index contributed by atoms with van der Waals surface area (Å²) in [6.45, 7) is 6.35. The molecule has 1 aromatic heterocycles. The maximum Gasteiger partial charge on any atom is 0.0542 e. The Labute approximate surface area is 104 Å². The number of rotatable bonds is 4. The van der Waals surface area contributed by atoms with Crippen molar-refractivity contribution in [1.29, 1.82) is 0 Å². The van der Waals surface area contributed by atoms with Crippen molar-refractivity contribution in [3.05, 3.63) is 29.6 Å². The van der Waals surface area contributed by atoms with Gasteiger partial charge in [-0.3, -0.25) is 9.88 Å². The zero-order valence-electron chi connectivity index (χ0n) is 10.7. The van der Waals surface area contributed by atoms with Gasteiger partial charge < -0.3 is 5.73 Å². The van der Waals surface area contributed by atoms with Crippen molar-refractivity contribution in [3.8, 4) is 0 Å². The first kappa shape index (κ1) is 12.5. The molecular formula is C14H23N3. The van der Waals surface area contributed by atoms with E-state index >= 15 is 0 Å². The molecule has 3 nitrogen and oxygen atoms in total. The Kier molecular flexibility index (Phi) is 4.51. The summed E-state index contributed by atoms with van der Waals surface area (Å²) in [6, 6.07) is 4.23. The maximum atomic E-state index is 5.61. The molecule has 3 heteroatoms. The van der Waals surface area contributed by atoms with Gasteiger partial charge in [0.05, 0.1) is 5.69 Å². The molecule has 0 radical (unpaired) electrons. The first-order chi connectivity index (χ1) is 8.31. The standard InChI is InChI=1S/C14H23N3/c1-2-12-4-7-17(8-5-12)11-13-3-6-16-14(9-13)10-15/h3,6,9,12H,2,4-5,7-8,10-11,15H2,1H3. The number of hydrogen-bond acceptors (Lipinski definition) is 3. The van der Waals surface area contributed by atoms with Crippen LogP contribution in [0.1, 0.15) is 37.4 Å². The van der Waals surface area contributed by atoms with E-state index in [0.29, 0.717) is 6.54 Å². The number of hydrogen-bond donors (Lipinski definition) is 1. The lowest BCUT2D eigenvalue weighted by Gasteiger charge is -2.31. The van der Waals surface area contributed by atoms with Crippen LogP contribution in [0.15, 0.2) is 18.3 Å². The summed E-state index contributed by atoms with van der Waals surface area (Å²) in [5, 5.41) is 0. The normalized spacial score (nSPS) is 18.5. The average molecular weight is 233 g/mol. The van der Waals surface area contributed by atoms with Gasteiger partial charge in [0.1, 0.15) is 0 Å². The fourth-order valence-corrected chi connectivity index (χ4v) is 2.55. The van der Waals surface area contributed by atoms with Crippen LogP contribution in [-0.4, -0.2) is 23.0 Å². The molecule has 0 atom stereocenters. The first-order valence-corrected chi connectivity index (χ1v) is 6.68. The Hall–Kier alpha value is -0.930. The lowest BCUT2D eigenvalue weighted by molar-refractivity contribution is 0.175. The molecule has 0 amide bonds. The Morgan fingerprint density at radius 3 is 2.82 bits per heavy atom. The summed E-state index contributed by atoms with van der Waals surface area (Å²) in [6.07, 6.45) is 5.91. The monoisotopic (exact) mass is 233 g/mol. The zero-order chi connectivity index (χ0) is 12.1. The summed E-state index contributed by atoms with van der Waals surface area (Å²) in [5.41, 5.74) is 7.95. The summed E-state index contributed by atoms with van der Waals surface area (Å²) in [5.74, 6) is 0.947. The Bertz CT molecular complexity index is 343. The molecule has 0 aromatic carbocycles. The van der Waals surface area contributed by atoms with E-state index in [9.17, 15) is 0 Å². The van der Waals surface area contributed by atoms with Gasteiger partial charge in [-0.2, -0.15) is 0 Å². The third-order valence-electron chi connectivity index (χ3n) is 3.78. The second-order valence-electron chi connectivity index (χ2n) is 4.99. The van der Waals surface area contributed by atoms with E-state index in [-0.39, 0.29) is 0 Å². The van der Waals surface area contributed by atoms with E-state index in [1.807, 2.05) is 6.20 Å². The molecule has 0 spiro atoms. The van der Waals surface area contributed by atoms with Gasteiger partial charge in [-0.15, -0.1) is 0 Å². The highest BCUT2D eigenvalue weighted by Gasteiger charge is 2.17. The van der Waals surface area contributed by atoms with Gasteiger partial charge in [0.2, 0.25) is 0 Å². The highest BCUT2D eigenvalue weighted by molar-refractivity contribution is 5.16. The quantitative estimate of drug-likeness (QED) is 0.866. The molecule has 1 saturated heterocycles. The number of piperidine rings is 1. The van der Waals surface area contributed by atoms with Crippen molar-refractivity contribution >= 4 is 0 Å². The molecule has 0 unspecified atom stereocenters. The molecule has 2 rings (SSSR count). The van der Waals surface area contributed by atoms with Crippen molar-refractivity contribution in [2.75, 3.05) is 13.1 Å². The number of pyridine rings is 1. The van der Waals surface area contributed by atoms with Gasteiger partial charge in [0, 0.05) is 19.3 Å². The van der Waals surface area contributed by atoms with E-state index in [2.05, 4.69) is 28.9 Å². The first-order valence-electron chi connectivity index (χ1n) is 6.68. The molecule has 0 saturated carbocycles. The van der Waals surface area contributed by atoms with E-state index < -0.39 is 0 Å². The molecule has 0 aliphatic carbocycles. The fourth-order valence-electron chi connectivity index (χ4n) is 2.55. The van der Waals surface area contributed by atoms with Crippen molar-refractivity contribution in [2.45, 2.75) is 39.3 Å². The summed E-state index contributed by atoms with van der Waals surface area (Å²) < 4.78 is 0. The SMILES string of the molecule is CCC1CCN(Cc2ccnc(CN)c2)CC1. The van der Waals surface area contributed by atoms with Gasteiger partial charge in [0.25, 0.3) is 0 Å². The molecule has 1 aromatic rings. The van der Waals surface area contributed by atoms with E-state index in [4.69, 9.17) is 5.73 Å². The minimum absolute atomic E-state index is 0.533. The molecule has 17 heavy (non-hydrogen) atoms. The average Bonchev–Trinajstić information content (AvgIpc) is 2.40. The van der Waals surface area contributed by atoms with Crippen molar-refractivity contribution in [3.63, 3.8) is 0 Å². The van der Waals surface area contributed by atoms with Crippen LogP contribution in [0.5, 0.6) is 0 Å². The van der Waals surface area contributed by atoms with Crippen LogP contribution < -0.4 is 5.73 Å². The van der Waals surface area contributed by atoms with Gasteiger partial charge in [-0.25, -0.2) is 0 Å². The van der Waals surface area contributed by atoms with Crippen LogP contribution >= 0.6 is 0 Å². The molecule has 94 valence electrons. The van der Waals surface area contributed by atoms with Crippen molar-refractivity contribution in [1.82, 2.24) is 9.88 Å². The van der Waals surface area contributed by atoms with Crippen LogP contribution in [0, 0.1) is 5.92 Å². The summed E-state index contributed by atoms with van der Waals surface area (Å²) in [7, 11) is 0. The minimum atomic E-state index is 0.533. The van der Waals surface area contributed by atoms with Gasteiger partial charge in [-0.1, -0.05) is 13.3 Å². The number of aromatic nitrogens is 1. The maximum absolute atomic E-state index is 5.61. The second kappa shape index (κ2) is 6.12. The van der Waals surface area contributed by atoms with Crippen LogP contribution in [-0.2, 0) is 13.1 Å². The molecule has 2 heterocycles. The second-order valence-corrected chi connectivity index (χ2v) is 4.99. The van der Waals surface area contributed by atoms with Gasteiger partial charge in [-0.05, 0) is 49.5 Å². The zero-order valence-corrected chi connectivity index (χ0v) is 10.7. The fraction of sp³-hybridized carbons (Fsp3) is 0.643. The van der Waals surface area contributed by atoms with Crippen LogP contribution in [0.25, 0.3) is 0 Å². The van der Waals surface area contributed by atoms with Crippen molar-refractivity contribution in [2.24, 2.45) is 11.7 Å². The lowest BCUT2D eigenvalue weighted by Crippen LogP contribution is -2.33. The predicted molar refractivity (Wildman–Crippen MR) is 70.4 cm³/mol. The Balaban J connectivity index is 1.88. The molecular weight excluding hydrogens is 210 g/mol. The molecule has 2 N–H and O–H groups in total. The third-order valence-corrected chi connectivity index (χ3v) is 3.78. The highest BCUT2D eigenvalue weighted by atomic mass is 15.1. The van der Waals surface area contributed by atoms with Crippen LogP contribution in [0.3, 0.4) is 0 Å². The molecule has 1 fully saturated rings. The Morgan fingerprint density at radius 2 is 2.18 bits per heavy atom. The number of nitrogens with zero attached hydrogens (tertiary/aromatic N) is 2. The Morgan fingerprint density at radius 1 is 1.41 bits per heavy atom. The minimum Gasteiger partial charge on any atom is -0.325 e. The third kappa shape index (κ3) is 3.51. The lowest BCUT2D eigenvalue weighted by atomic mass is 9.94. The van der Waals surface area contributed by atoms with Crippen LogP contribution in [0.2, 0.25) is 0 Å². The largest absolute Gasteiger partial charge is 0.325 e. The summed E-state index contributed by atoms with van der Waals surface area (Å²) >= 11 is 0. The topological polar surface area (TPSA) is 42.2 Å². The van der Waals surface area contributed by atoms with Crippen molar-refractivity contribution < 1.29 is 0 Å². The smallest absolute Gasteiger partial charge is 0.0542 e. The van der Waals surface area contributed by atoms with E-state index in [1.54, 1.807) is 0 Å².